The van der Waals surface area contributed by atoms with Crippen molar-refractivity contribution in [2.24, 2.45) is 0 Å². The van der Waals surface area contributed by atoms with Crippen molar-refractivity contribution in [1.29, 1.82) is 0 Å². The molecule has 0 radical (unpaired) electrons. The van der Waals surface area contributed by atoms with Crippen LogP contribution in [0.3, 0.4) is 0 Å². The van der Waals surface area contributed by atoms with Crippen molar-refractivity contribution in [2.45, 2.75) is 64.3 Å². The minimum Gasteiger partial charge on any atom is -0.361 e. The van der Waals surface area contributed by atoms with Gasteiger partial charge in [-0.05, 0) is 44.5 Å². The highest BCUT2D eigenvalue weighted by Crippen LogP contribution is 2.32. The number of pyridine rings is 1. The Labute approximate surface area is 162 Å². The second kappa shape index (κ2) is 7.41. The van der Waals surface area contributed by atoms with Crippen molar-refractivity contribution in [3.8, 4) is 0 Å². The molecule has 1 aliphatic rings. The first-order valence-electron chi connectivity index (χ1n) is 10.2. The maximum atomic E-state index is 5.96. The van der Waals surface area contributed by atoms with Gasteiger partial charge >= 0.3 is 0 Å². The lowest BCUT2D eigenvalue weighted by atomic mass is 9.99. The lowest BCUT2D eigenvalue weighted by molar-refractivity contribution is 0.0899. The van der Waals surface area contributed by atoms with Crippen LogP contribution in [-0.2, 0) is 11.5 Å². The lowest BCUT2D eigenvalue weighted by Gasteiger charge is -2.32. The maximum absolute atomic E-state index is 5.96. The maximum Gasteiger partial charge on any atom is 0.143 e. The summed E-state index contributed by atoms with van der Waals surface area (Å²) in [4.78, 5) is 4.74. The Morgan fingerprint density at radius 1 is 1.26 bits per heavy atom. The largest absolute Gasteiger partial charge is 0.361 e. The number of nitrogens with zero attached hydrogens (tertiary/aromatic N) is 3. The molecule has 1 fully saturated rings. The van der Waals surface area contributed by atoms with Crippen LogP contribution in [-0.4, -0.2) is 41.4 Å². The number of ether oxygens (including phenoxy) is 1. The summed E-state index contributed by atoms with van der Waals surface area (Å²) < 4.78 is 10.6. The van der Waals surface area contributed by atoms with E-state index in [1.54, 1.807) is 0 Å². The zero-order valence-electron chi connectivity index (χ0n) is 17.0. The van der Waals surface area contributed by atoms with Crippen LogP contribution in [0, 0.1) is 0 Å². The van der Waals surface area contributed by atoms with E-state index in [1.165, 1.54) is 35.2 Å². The summed E-state index contributed by atoms with van der Waals surface area (Å²) in [7, 11) is -1.05. The Hall–Kier alpha value is -1.63. The molecule has 146 valence electrons. The number of rotatable bonds is 6. The molecule has 1 N–H and O–H groups in total. The second-order valence-corrected chi connectivity index (χ2v) is 14.7. The van der Waals surface area contributed by atoms with Crippen LogP contribution < -0.4 is 5.32 Å². The van der Waals surface area contributed by atoms with Crippen molar-refractivity contribution in [3.05, 3.63) is 30.7 Å². The normalized spacial score (nSPS) is 21.3. The van der Waals surface area contributed by atoms with Crippen molar-refractivity contribution < 1.29 is 4.74 Å². The first kappa shape index (κ1) is 18.7. The van der Waals surface area contributed by atoms with Gasteiger partial charge in [0.1, 0.15) is 12.4 Å². The zero-order chi connectivity index (χ0) is 19.0. The van der Waals surface area contributed by atoms with Gasteiger partial charge in [0.05, 0.1) is 5.52 Å². The monoisotopic (exact) mass is 384 g/mol. The number of nitrogens with one attached hydrogen (secondary N) is 1. The molecular weight excluding hydrogens is 352 g/mol. The molecule has 0 aliphatic carbocycles. The SMILES string of the molecule is C[C@H]1NCCC[C@H]1n1ccc2cnc3c(ccn3COCC[Si](C)(C)C)c21. The topological polar surface area (TPSA) is 44.0 Å². The van der Waals surface area contributed by atoms with E-state index in [1.807, 2.05) is 6.20 Å². The van der Waals surface area contributed by atoms with E-state index < -0.39 is 8.07 Å². The summed E-state index contributed by atoms with van der Waals surface area (Å²) in [6.07, 6.45) is 8.82. The van der Waals surface area contributed by atoms with Crippen LogP contribution >= 0.6 is 0 Å². The Bertz CT molecular complexity index is 923. The highest BCUT2D eigenvalue weighted by molar-refractivity contribution is 6.76. The van der Waals surface area contributed by atoms with Crippen molar-refractivity contribution in [3.63, 3.8) is 0 Å². The summed E-state index contributed by atoms with van der Waals surface area (Å²) in [5.74, 6) is 0. The van der Waals surface area contributed by atoms with Gasteiger partial charge in [-0.25, -0.2) is 4.98 Å². The van der Waals surface area contributed by atoms with Gasteiger partial charge in [-0.2, -0.15) is 0 Å². The average Bonchev–Trinajstić information content (AvgIpc) is 3.22. The van der Waals surface area contributed by atoms with Crippen LogP contribution in [0.4, 0.5) is 0 Å². The van der Waals surface area contributed by atoms with Gasteiger partial charge in [-0.3, -0.25) is 0 Å². The number of fused-ring (bicyclic) bond motifs is 3. The highest BCUT2D eigenvalue weighted by atomic mass is 28.3. The molecule has 0 bridgehead atoms. The number of piperidine rings is 1. The fraction of sp³-hybridized carbons (Fsp3) is 0.571. The quantitative estimate of drug-likeness (QED) is 0.498. The van der Waals surface area contributed by atoms with Gasteiger partial charge in [0.2, 0.25) is 0 Å². The second-order valence-electron chi connectivity index (χ2n) is 9.11. The molecule has 6 heteroatoms. The molecule has 3 aromatic rings. The molecule has 27 heavy (non-hydrogen) atoms. The van der Waals surface area contributed by atoms with Gasteiger partial charge < -0.3 is 19.2 Å². The van der Waals surface area contributed by atoms with Gasteiger partial charge in [0.25, 0.3) is 0 Å². The number of hydrogen-bond acceptors (Lipinski definition) is 3. The van der Waals surface area contributed by atoms with Gasteiger partial charge in [0, 0.05) is 56.1 Å². The van der Waals surface area contributed by atoms with E-state index in [-0.39, 0.29) is 0 Å². The Morgan fingerprint density at radius 3 is 2.89 bits per heavy atom. The van der Waals surface area contributed by atoms with E-state index in [9.17, 15) is 0 Å². The molecule has 4 rings (SSSR count). The average molecular weight is 385 g/mol. The third-order valence-electron chi connectivity index (χ3n) is 5.77. The predicted octanol–water partition coefficient (Wildman–Crippen LogP) is 4.62. The predicted molar refractivity (Wildman–Crippen MR) is 115 cm³/mol. The molecule has 0 unspecified atom stereocenters. The van der Waals surface area contributed by atoms with E-state index in [2.05, 4.69) is 65.5 Å². The Balaban J connectivity index is 1.62. The molecule has 5 nitrogen and oxygen atoms in total. The van der Waals surface area contributed by atoms with Crippen molar-refractivity contribution >= 4 is 30.0 Å². The molecule has 3 aromatic heterocycles. The third-order valence-corrected chi connectivity index (χ3v) is 7.47. The number of aromatic nitrogens is 3. The summed E-state index contributed by atoms with van der Waals surface area (Å²) in [6, 6.07) is 6.58. The molecular formula is C21H32N4OSi. The Morgan fingerprint density at radius 2 is 2.11 bits per heavy atom. The first-order chi connectivity index (χ1) is 12.9. The molecule has 0 amide bonds. The summed E-state index contributed by atoms with van der Waals surface area (Å²) in [6.45, 7) is 12.0. The van der Waals surface area contributed by atoms with E-state index in [0.717, 1.165) is 18.8 Å². The smallest absolute Gasteiger partial charge is 0.143 e. The van der Waals surface area contributed by atoms with Crippen LogP contribution in [0.15, 0.2) is 30.7 Å². The van der Waals surface area contributed by atoms with E-state index >= 15 is 0 Å². The fourth-order valence-corrected chi connectivity index (χ4v) is 4.87. The minimum absolute atomic E-state index is 0.490. The van der Waals surface area contributed by atoms with Gasteiger partial charge in [-0.1, -0.05) is 19.6 Å². The summed E-state index contributed by atoms with van der Waals surface area (Å²) >= 11 is 0. The summed E-state index contributed by atoms with van der Waals surface area (Å²) in [5.41, 5.74) is 2.33. The minimum atomic E-state index is -1.05. The van der Waals surface area contributed by atoms with Crippen LogP contribution in [0.5, 0.6) is 0 Å². The highest BCUT2D eigenvalue weighted by Gasteiger charge is 2.24. The molecule has 4 heterocycles. The third kappa shape index (κ3) is 3.84. The van der Waals surface area contributed by atoms with Gasteiger partial charge in [0.15, 0.2) is 0 Å². The molecule has 2 atom stereocenters. The molecule has 0 saturated carbocycles. The molecule has 1 aliphatic heterocycles. The number of hydrogen-bond donors (Lipinski definition) is 1. The van der Waals surface area contributed by atoms with Crippen molar-refractivity contribution in [1.82, 2.24) is 19.4 Å². The van der Waals surface area contributed by atoms with Crippen molar-refractivity contribution in [2.75, 3.05) is 13.2 Å². The van der Waals surface area contributed by atoms with E-state index in [4.69, 9.17) is 9.72 Å². The standard InChI is InChI=1S/C21H32N4OSi/c1-16-19(6-5-9-22-16)25-11-7-17-14-23-21-18(20(17)25)8-10-24(21)15-26-12-13-27(2,3)4/h7-8,10-11,14,16,19,22H,5-6,9,12-13,15H2,1-4H3/t16-,19-/m1/s1. The van der Waals surface area contributed by atoms with Crippen LogP contribution in [0.1, 0.15) is 25.8 Å². The first-order valence-corrected chi connectivity index (χ1v) is 13.9. The fourth-order valence-electron chi connectivity index (χ4n) is 4.11. The molecule has 0 aromatic carbocycles. The van der Waals surface area contributed by atoms with Gasteiger partial charge in [-0.15, -0.1) is 0 Å². The van der Waals surface area contributed by atoms with Crippen LogP contribution in [0.25, 0.3) is 21.9 Å². The Kier molecular flexibility index (Phi) is 5.14. The zero-order valence-corrected chi connectivity index (χ0v) is 18.0. The van der Waals surface area contributed by atoms with Crippen LogP contribution in [0.2, 0.25) is 25.7 Å². The lowest BCUT2D eigenvalue weighted by Crippen LogP contribution is -2.39. The summed E-state index contributed by atoms with van der Waals surface area (Å²) in [5, 5.41) is 6.07. The van der Waals surface area contributed by atoms with E-state index in [0.29, 0.717) is 18.8 Å². The molecule has 0 spiro atoms. The molecule has 1 saturated heterocycles.